The van der Waals surface area contributed by atoms with Crippen molar-refractivity contribution in [1.82, 2.24) is 25.3 Å². The number of amides is 1. The number of carbonyl (C=O) groups excluding carboxylic acids is 1. The van der Waals surface area contributed by atoms with Crippen LogP contribution in [-0.4, -0.2) is 58.6 Å². The van der Waals surface area contributed by atoms with E-state index in [1.54, 1.807) is 18.0 Å². The van der Waals surface area contributed by atoms with Crippen molar-refractivity contribution >= 4 is 5.91 Å². The molecule has 18 heavy (non-hydrogen) atoms. The number of hydrogen-bond acceptors (Lipinski definition) is 6. The normalized spacial score (nSPS) is 20.2. The molecule has 0 aromatic carbocycles. The maximum absolute atomic E-state index is 11.2. The Morgan fingerprint density at radius 3 is 3.17 bits per heavy atom. The molecule has 1 amide bonds. The third-order valence-electron chi connectivity index (χ3n) is 3.11. The van der Waals surface area contributed by atoms with Crippen molar-refractivity contribution in [2.75, 3.05) is 26.7 Å². The minimum Gasteiger partial charge on any atom is -0.380 e. The molecule has 1 aliphatic rings. The van der Waals surface area contributed by atoms with E-state index in [9.17, 15) is 4.79 Å². The number of rotatable bonds is 5. The molecule has 8 nitrogen and oxygen atoms in total. The SMILES string of the molecule is COC1CCN(CCn2cc(C(=O)NN)nn2)C1. The number of methoxy groups -OCH3 is 1. The molecule has 0 saturated carbocycles. The lowest BCUT2D eigenvalue weighted by Crippen LogP contribution is -2.30. The number of aromatic nitrogens is 3. The largest absolute Gasteiger partial charge is 0.380 e. The minimum atomic E-state index is -0.429. The third kappa shape index (κ3) is 3.03. The smallest absolute Gasteiger partial charge is 0.287 e. The summed E-state index contributed by atoms with van der Waals surface area (Å²) >= 11 is 0. The molecule has 1 saturated heterocycles. The molecular weight excluding hydrogens is 236 g/mol. The second kappa shape index (κ2) is 5.89. The van der Waals surface area contributed by atoms with Crippen LogP contribution in [0.15, 0.2) is 6.20 Å². The second-order valence-electron chi connectivity index (χ2n) is 4.29. The highest BCUT2D eigenvalue weighted by Gasteiger charge is 2.21. The summed E-state index contributed by atoms with van der Waals surface area (Å²) in [7, 11) is 1.74. The molecule has 2 heterocycles. The summed E-state index contributed by atoms with van der Waals surface area (Å²) in [6.07, 6.45) is 2.99. The van der Waals surface area contributed by atoms with Gasteiger partial charge in [0.25, 0.3) is 5.91 Å². The predicted octanol–water partition coefficient (Wildman–Crippen LogP) is -1.40. The maximum atomic E-state index is 11.2. The van der Waals surface area contributed by atoms with Crippen LogP contribution in [0.4, 0.5) is 0 Å². The molecule has 100 valence electrons. The highest BCUT2D eigenvalue weighted by molar-refractivity contribution is 5.91. The van der Waals surface area contributed by atoms with Crippen LogP contribution in [0.3, 0.4) is 0 Å². The number of hydrogen-bond donors (Lipinski definition) is 2. The van der Waals surface area contributed by atoms with Crippen LogP contribution in [0.5, 0.6) is 0 Å². The van der Waals surface area contributed by atoms with Gasteiger partial charge in [0.2, 0.25) is 0 Å². The van der Waals surface area contributed by atoms with Crippen molar-refractivity contribution in [1.29, 1.82) is 0 Å². The fourth-order valence-corrected chi connectivity index (χ4v) is 2.02. The van der Waals surface area contributed by atoms with Gasteiger partial charge in [0, 0.05) is 26.7 Å². The monoisotopic (exact) mass is 254 g/mol. The van der Waals surface area contributed by atoms with Gasteiger partial charge in [-0.1, -0.05) is 5.21 Å². The van der Waals surface area contributed by atoms with Crippen LogP contribution >= 0.6 is 0 Å². The van der Waals surface area contributed by atoms with E-state index in [4.69, 9.17) is 10.6 Å². The van der Waals surface area contributed by atoms with Crippen LogP contribution in [0.2, 0.25) is 0 Å². The predicted molar refractivity (Wildman–Crippen MR) is 63.5 cm³/mol. The van der Waals surface area contributed by atoms with Crippen LogP contribution in [0.25, 0.3) is 0 Å². The van der Waals surface area contributed by atoms with E-state index >= 15 is 0 Å². The van der Waals surface area contributed by atoms with Crippen molar-refractivity contribution in [2.45, 2.75) is 19.1 Å². The number of nitrogens with zero attached hydrogens (tertiary/aromatic N) is 4. The molecule has 1 aromatic rings. The van der Waals surface area contributed by atoms with Gasteiger partial charge < -0.3 is 4.74 Å². The molecule has 2 rings (SSSR count). The van der Waals surface area contributed by atoms with Crippen molar-refractivity contribution in [3.05, 3.63) is 11.9 Å². The van der Waals surface area contributed by atoms with Gasteiger partial charge in [-0.2, -0.15) is 0 Å². The van der Waals surface area contributed by atoms with Crippen LogP contribution in [0.1, 0.15) is 16.9 Å². The van der Waals surface area contributed by atoms with E-state index in [-0.39, 0.29) is 5.69 Å². The summed E-state index contributed by atoms with van der Waals surface area (Å²) < 4.78 is 6.94. The van der Waals surface area contributed by atoms with Crippen molar-refractivity contribution in [3.63, 3.8) is 0 Å². The number of hydrazine groups is 1. The van der Waals surface area contributed by atoms with Crippen molar-refractivity contribution in [2.24, 2.45) is 5.84 Å². The molecule has 0 bridgehead atoms. The highest BCUT2D eigenvalue weighted by atomic mass is 16.5. The number of likely N-dealkylation sites (tertiary alicyclic amines) is 1. The first kappa shape index (κ1) is 12.9. The number of nitrogens with one attached hydrogen (secondary N) is 1. The Labute approximate surface area is 105 Å². The first-order valence-electron chi connectivity index (χ1n) is 5.89. The molecule has 1 aliphatic heterocycles. The van der Waals surface area contributed by atoms with Gasteiger partial charge in [-0.05, 0) is 6.42 Å². The van der Waals surface area contributed by atoms with E-state index in [0.717, 1.165) is 26.1 Å². The zero-order valence-electron chi connectivity index (χ0n) is 10.4. The minimum absolute atomic E-state index is 0.230. The first-order chi connectivity index (χ1) is 8.72. The van der Waals surface area contributed by atoms with E-state index in [2.05, 4.69) is 15.2 Å². The van der Waals surface area contributed by atoms with Gasteiger partial charge in [0.1, 0.15) is 0 Å². The van der Waals surface area contributed by atoms with Gasteiger partial charge >= 0.3 is 0 Å². The molecule has 3 N–H and O–H groups in total. The summed E-state index contributed by atoms with van der Waals surface area (Å²) in [5.41, 5.74) is 2.25. The van der Waals surface area contributed by atoms with Crippen molar-refractivity contribution in [3.8, 4) is 0 Å². The van der Waals surface area contributed by atoms with Crippen LogP contribution in [0, 0.1) is 0 Å². The Kier molecular flexibility index (Phi) is 4.24. The zero-order valence-corrected chi connectivity index (χ0v) is 10.4. The summed E-state index contributed by atoms with van der Waals surface area (Å²) in [4.78, 5) is 13.5. The van der Waals surface area contributed by atoms with Gasteiger partial charge in [-0.25, -0.2) is 5.84 Å². The molecule has 1 atom stereocenters. The maximum Gasteiger partial charge on any atom is 0.287 e. The Morgan fingerprint density at radius 2 is 2.50 bits per heavy atom. The highest BCUT2D eigenvalue weighted by Crippen LogP contribution is 2.11. The van der Waals surface area contributed by atoms with Gasteiger partial charge in [-0.3, -0.25) is 19.8 Å². The van der Waals surface area contributed by atoms with Crippen LogP contribution < -0.4 is 11.3 Å². The fourth-order valence-electron chi connectivity index (χ4n) is 2.02. The molecule has 8 heteroatoms. The number of ether oxygens (including phenoxy) is 1. The summed E-state index contributed by atoms with van der Waals surface area (Å²) in [5.74, 6) is 4.59. The zero-order chi connectivity index (χ0) is 13.0. The standard InChI is InChI=1S/C10H18N6O2/c1-18-8-2-3-15(6-8)4-5-16-7-9(13-14-16)10(17)12-11/h7-8H,2-6,11H2,1H3,(H,12,17). The molecule has 1 aromatic heterocycles. The molecule has 0 radical (unpaired) electrons. The average Bonchev–Trinajstić information content (AvgIpc) is 3.04. The average molecular weight is 254 g/mol. The first-order valence-corrected chi connectivity index (χ1v) is 5.89. The third-order valence-corrected chi connectivity index (χ3v) is 3.11. The molecule has 1 unspecified atom stereocenters. The lowest BCUT2D eigenvalue weighted by atomic mass is 10.3. The van der Waals surface area contributed by atoms with Crippen molar-refractivity contribution < 1.29 is 9.53 Å². The van der Waals surface area contributed by atoms with E-state index < -0.39 is 5.91 Å². The molecular formula is C10H18N6O2. The lowest BCUT2D eigenvalue weighted by Gasteiger charge is -2.14. The lowest BCUT2D eigenvalue weighted by molar-refractivity contribution is 0.0948. The Balaban J connectivity index is 1.80. The summed E-state index contributed by atoms with van der Waals surface area (Å²) in [5, 5.41) is 7.62. The van der Waals surface area contributed by atoms with E-state index in [0.29, 0.717) is 12.6 Å². The number of nitrogens with two attached hydrogens (primary N) is 1. The van der Waals surface area contributed by atoms with Gasteiger partial charge in [-0.15, -0.1) is 5.10 Å². The Morgan fingerprint density at radius 1 is 1.67 bits per heavy atom. The molecule has 1 fully saturated rings. The van der Waals surface area contributed by atoms with E-state index in [1.165, 1.54) is 0 Å². The molecule has 0 aliphatic carbocycles. The quantitative estimate of drug-likeness (QED) is 0.381. The van der Waals surface area contributed by atoms with Crippen LogP contribution in [-0.2, 0) is 11.3 Å². The Bertz CT molecular complexity index is 407. The summed E-state index contributed by atoms with van der Waals surface area (Å²) in [6.45, 7) is 3.54. The number of carbonyl (C=O) groups is 1. The second-order valence-corrected chi connectivity index (χ2v) is 4.29. The van der Waals surface area contributed by atoms with E-state index in [1.807, 2.05) is 5.43 Å². The summed E-state index contributed by atoms with van der Waals surface area (Å²) in [6, 6.07) is 0. The van der Waals surface area contributed by atoms with Gasteiger partial charge in [0.05, 0.1) is 18.8 Å². The topological polar surface area (TPSA) is 98.3 Å². The van der Waals surface area contributed by atoms with Gasteiger partial charge in [0.15, 0.2) is 5.69 Å². The fraction of sp³-hybridized carbons (Fsp3) is 0.700. The molecule has 0 spiro atoms. The Hall–Kier alpha value is -1.51. The number of nitrogen functional groups attached to an aromatic ring is 1.